The lowest BCUT2D eigenvalue weighted by Gasteiger charge is -2.21. The van der Waals surface area contributed by atoms with Crippen LogP contribution in [0.15, 0.2) is 24.3 Å². The minimum absolute atomic E-state index is 0.0728. The maximum absolute atomic E-state index is 12.1. The minimum atomic E-state index is 0.0728. The standard InChI is InChI=1S/C15H24N2O2/c1-4-17(15(18)10-5-12(2)16)11-13-6-8-14(19-3)9-7-13/h6-9,12H,4-5,10-11,16H2,1-3H3. The van der Waals surface area contributed by atoms with Crippen LogP contribution in [0.2, 0.25) is 0 Å². The lowest BCUT2D eigenvalue weighted by atomic mass is 10.1. The molecule has 2 N–H and O–H groups in total. The third-order valence-corrected chi connectivity index (χ3v) is 3.08. The zero-order valence-electron chi connectivity index (χ0n) is 12.1. The SMILES string of the molecule is CCN(Cc1ccc(OC)cc1)C(=O)CCC(C)N. The molecule has 0 saturated heterocycles. The van der Waals surface area contributed by atoms with E-state index in [0.717, 1.165) is 17.7 Å². The van der Waals surface area contributed by atoms with Crippen molar-refractivity contribution in [2.45, 2.75) is 39.3 Å². The summed E-state index contributed by atoms with van der Waals surface area (Å²) in [5.41, 5.74) is 6.79. The molecular formula is C15H24N2O2. The van der Waals surface area contributed by atoms with Crippen molar-refractivity contribution in [3.8, 4) is 5.75 Å². The predicted octanol–water partition coefficient (Wildman–Crippen LogP) is 2.17. The molecule has 1 aromatic carbocycles. The molecule has 1 amide bonds. The van der Waals surface area contributed by atoms with Crippen molar-refractivity contribution in [2.24, 2.45) is 5.73 Å². The fraction of sp³-hybridized carbons (Fsp3) is 0.533. The number of amides is 1. The van der Waals surface area contributed by atoms with Gasteiger partial charge in [0, 0.05) is 25.6 Å². The molecule has 19 heavy (non-hydrogen) atoms. The zero-order chi connectivity index (χ0) is 14.3. The third kappa shape index (κ3) is 5.30. The summed E-state index contributed by atoms with van der Waals surface area (Å²) in [5, 5.41) is 0. The number of nitrogens with zero attached hydrogens (tertiary/aromatic N) is 1. The number of hydrogen-bond donors (Lipinski definition) is 1. The van der Waals surface area contributed by atoms with E-state index < -0.39 is 0 Å². The molecular weight excluding hydrogens is 240 g/mol. The Kier molecular flexibility index (Phi) is 6.36. The number of ether oxygens (including phenoxy) is 1. The highest BCUT2D eigenvalue weighted by Gasteiger charge is 2.12. The minimum Gasteiger partial charge on any atom is -0.497 e. The molecule has 0 spiro atoms. The van der Waals surface area contributed by atoms with E-state index in [1.807, 2.05) is 43.0 Å². The average Bonchev–Trinajstić information content (AvgIpc) is 2.42. The van der Waals surface area contributed by atoms with E-state index >= 15 is 0 Å². The molecule has 0 aliphatic carbocycles. The molecule has 1 atom stereocenters. The van der Waals surface area contributed by atoms with Crippen molar-refractivity contribution < 1.29 is 9.53 Å². The molecule has 0 aliphatic rings. The van der Waals surface area contributed by atoms with Crippen molar-refractivity contribution >= 4 is 5.91 Å². The van der Waals surface area contributed by atoms with Gasteiger partial charge >= 0.3 is 0 Å². The first-order valence-corrected chi connectivity index (χ1v) is 6.73. The fourth-order valence-electron chi connectivity index (χ4n) is 1.84. The summed E-state index contributed by atoms with van der Waals surface area (Å²) >= 11 is 0. The van der Waals surface area contributed by atoms with Crippen LogP contribution in [0.4, 0.5) is 0 Å². The molecule has 1 aromatic rings. The van der Waals surface area contributed by atoms with Crippen LogP contribution >= 0.6 is 0 Å². The van der Waals surface area contributed by atoms with Crippen LogP contribution in [-0.4, -0.2) is 30.5 Å². The smallest absolute Gasteiger partial charge is 0.222 e. The van der Waals surface area contributed by atoms with Crippen molar-refractivity contribution in [2.75, 3.05) is 13.7 Å². The van der Waals surface area contributed by atoms with Gasteiger partial charge in [-0.2, -0.15) is 0 Å². The Balaban J connectivity index is 2.57. The zero-order valence-corrected chi connectivity index (χ0v) is 12.1. The van der Waals surface area contributed by atoms with Crippen LogP contribution in [0, 0.1) is 0 Å². The van der Waals surface area contributed by atoms with E-state index in [1.165, 1.54) is 0 Å². The number of rotatable bonds is 7. The Morgan fingerprint density at radius 2 is 2.00 bits per heavy atom. The normalized spacial score (nSPS) is 12.0. The first-order chi connectivity index (χ1) is 9.06. The second-order valence-electron chi connectivity index (χ2n) is 4.77. The van der Waals surface area contributed by atoms with E-state index in [1.54, 1.807) is 7.11 Å². The monoisotopic (exact) mass is 264 g/mol. The highest BCUT2D eigenvalue weighted by atomic mass is 16.5. The van der Waals surface area contributed by atoms with Crippen molar-refractivity contribution in [3.05, 3.63) is 29.8 Å². The molecule has 1 rings (SSSR count). The maximum atomic E-state index is 12.1. The molecule has 0 radical (unpaired) electrons. The average molecular weight is 264 g/mol. The summed E-state index contributed by atoms with van der Waals surface area (Å²) in [4.78, 5) is 13.9. The van der Waals surface area contributed by atoms with E-state index in [2.05, 4.69) is 0 Å². The van der Waals surface area contributed by atoms with Gasteiger partial charge in [-0.15, -0.1) is 0 Å². The molecule has 4 heteroatoms. The van der Waals surface area contributed by atoms with Crippen molar-refractivity contribution in [1.82, 2.24) is 4.90 Å². The van der Waals surface area contributed by atoms with Crippen LogP contribution in [-0.2, 0) is 11.3 Å². The van der Waals surface area contributed by atoms with Crippen LogP contribution in [0.5, 0.6) is 5.75 Å². The summed E-state index contributed by atoms with van der Waals surface area (Å²) in [7, 11) is 1.64. The summed E-state index contributed by atoms with van der Waals surface area (Å²) in [5.74, 6) is 0.991. The Hall–Kier alpha value is -1.55. The van der Waals surface area contributed by atoms with Crippen LogP contribution in [0.3, 0.4) is 0 Å². The first kappa shape index (κ1) is 15.5. The van der Waals surface area contributed by atoms with Gasteiger partial charge in [0.15, 0.2) is 0 Å². The molecule has 0 aliphatic heterocycles. The molecule has 0 fully saturated rings. The van der Waals surface area contributed by atoms with Gasteiger partial charge < -0.3 is 15.4 Å². The number of nitrogens with two attached hydrogens (primary N) is 1. The largest absolute Gasteiger partial charge is 0.497 e. The van der Waals surface area contributed by atoms with Gasteiger partial charge in [0.05, 0.1) is 7.11 Å². The number of carbonyl (C=O) groups excluding carboxylic acids is 1. The molecule has 0 bridgehead atoms. The maximum Gasteiger partial charge on any atom is 0.222 e. The molecule has 106 valence electrons. The Morgan fingerprint density at radius 1 is 1.37 bits per heavy atom. The number of carbonyl (C=O) groups is 1. The summed E-state index contributed by atoms with van der Waals surface area (Å²) in [6.07, 6.45) is 1.25. The van der Waals surface area contributed by atoms with Crippen molar-refractivity contribution in [1.29, 1.82) is 0 Å². The quantitative estimate of drug-likeness (QED) is 0.821. The molecule has 1 unspecified atom stereocenters. The van der Waals surface area contributed by atoms with Gasteiger partial charge in [-0.1, -0.05) is 12.1 Å². The Labute approximate surface area is 115 Å². The lowest BCUT2D eigenvalue weighted by molar-refractivity contribution is -0.131. The van der Waals surface area contributed by atoms with Crippen LogP contribution in [0.1, 0.15) is 32.3 Å². The van der Waals surface area contributed by atoms with Gasteiger partial charge in [-0.3, -0.25) is 4.79 Å². The second-order valence-corrected chi connectivity index (χ2v) is 4.77. The summed E-state index contributed by atoms with van der Waals surface area (Å²) in [6, 6.07) is 7.87. The van der Waals surface area contributed by atoms with Gasteiger partial charge in [0.1, 0.15) is 5.75 Å². The van der Waals surface area contributed by atoms with E-state index in [4.69, 9.17) is 10.5 Å². The number of benzene rings is 1. The van der Waals surface area contributed by atoms with Gasteiger partial charge in [-0.05, 0) is 38.0 Å². The number of methoxy groups -OCH3 is 1. The molecule has 0 heterocycles. The van der Waals surface area contributed by atoms with Crippen LogP contribution < -0.4 is 10.5 Å². The van der Waals surface area contributed by atoms with Gasteiger partial charge in [0.25, 0.3) is 0 Å². The highest BCUT2D eigenvalue weighted by Crippen LogP contribution is 2.13. The summed E-state index contributed by atoms with van der Waals surface area (Å²) < 4.78 is 5.12. The Bertz CT molecular complexity index is 388. The second kappa shape index (κ2) is 7.79. The van der Waals surface area contributed by atoms with Crippen molar-refractivity contribution in [3.63, 3.8) is 0 Å². The highest BCUT2D eigenvalue weighted by molar-refractivity contribution is 5.76. The number of hydrogen-bond acceptors (Lipinski definition) is 3. The van der Waals surface area contributed by atoms with E-state index in [0.29, 0.717) is 19.5 Å². The predicted molar refractivity (Wildman–Crippen MR) is 77.0 cm³/mol. The van der Waals surface area contributed by atoms with Gasteiger partial charge in [-0.25, -0.2) is 0 Å². The molecule has 4 nitrogen and oxygen atoms in total. The summed E-state index contributed by atoms with van der Waals surface area (Å²) in [6.45, 7) is 5.27. The van der Waals surface area contributed by atoms with Crippen LogP contribution in [0.25, 0.3) is 0 Å². The topological polar surface area (TPSA) is 55.6 Å². The molecule has 0 saturated carbocycles. The van der Waals surface area contributed by atoms with E-state index in [-0.39, 0.29) is 11.9 Å². The lowest BCUT2D eigenvalue weighted by Crippen LogP contribution is -2.31. The van der Waals surface area contributed by atoms with Gasteiger partial charge in [0.2, 0.25) is 5.91 Å². The third-order valence-electron chi connectivity index (χ3n) is 3.08. The molecule has 0 aromatic heterocycles. The Morgan fingerprint density at radius 3 is 2.47 bits per heavy atom. The first-order valence-electron chi connectivity index (χ1n) is 6.73. The fourth-order valence-corrected chi connectivity index (χ4v) is 1.84. The van der Waals surface area contributed by atoms with E-state index in [9.17, 15) is 4.79 Å².